The summed E-state index contributed by atoms with van der Waals surface area (Å²) < 4.78 is 2.02. The van der Waals surface area contributed by atoms with Crippen LogP contribution in [0, 0.1) is 11.8 Å². The molecule has 2 aliphatic rings. The van der Waals surface area contributed by atoms with Crippen LogP contribution in [0.25, 0.3) is 0 Å². The summed E-state index contributed by atoms with van der Waals surface area (Å²) in [7, 11) is 0. The van der Waals surface area contributed by atoms with E-state index >= 15 is 0 Å². The minimum atomic E-state index is -0.0902. The first-order chi connectivity index (χ1) is 9.20. The molecule has 1 N–H and O–H groups in total. The highest BCUT2D eigenvalue weighted by Crippen LogP contribution is 2.32. The average molecular weight is 325 g/mol. The second-order valence-corrected chi connectivity index (χ2v) is 6.00. The van der Waals surface area contributed by atoms with Gasteiger partial charge in [-0.25, -0.2) is 4.68 Å². The van der Waals surface area contributed by atoms with Gasteiger partial charge in [0.15, 0.2) is 0 Å². The molecule has 0 spiro atoms. The normalized spacial score (nSPS) is 25.6. The summed E-state index contributed by atoms with van der Waals surface area (Å²) in [6, 6.07) is 0. The number of hydrogen-bond donors (Lipinski definition) is 1. The van der Waals surface area contributed by atoms with E-state index in [4.69, 9.17) is 0 Å². The van der Waals surface area contributed by atoms with E-state index in [1.165, 1.54) is 4.68 Å². The van der Waals surface area contributed by atoms with Crippen LogP contribution in [-0.2, 0) is 6.54 Å². The quantitative estimate of drug-likeness (QED) is 0.837. The highest BCUT2D eigenvalue weighted by molar-refractivity contribution is 9.10. The molecule has 6 heteroatoms. The number of allylic oxidation sites excluding steroid dienone is 1. The molecule has 0 unspecified atom stereocenters. The Kier molecular flexibility index (Phi) is 3.45. The lowest BCUT2D eigenvalue weighted by molar-refractivity contribution is 0.533. The molecular formula is C13H17BrN4O. The molecular weight excluding hydrogens is 308 g/mol. The van der Waals surface area contributed by atoms with E-state index in [9.17, 15) is 4.79 Å². The first-order valence-electron chi connectivity index (χ1n) is 6.53. The number of aromatic nitrogens is 2. The molecule has 3 heterocycles. The van der Waals surface area contributed by atoms with Crippen molar-refractivity contribution in [3.8, 4) is 0 Å². The summed E-state index contributed by atoms with van der Waals surface area (Å²) in [6.07, 6.45) is 3.45. The van der Waals surface area contributed by atoms with Crippen molar-refractivity contribution in [2.45, 2.75) is 6.54 Å². The number of nitrogens with zero attached hydrogens (tertiary/aromatic N) is 3. The number of halogens is 1. The molecule has 0 radical (unpaired) electrons. The van der Waals surface area contributed by atoms with Crippen LogP contribution in [0.2, 0.25) is 0 Å². The Morgan fingerprint density at radius 3 is 2.79 bits per heavy atom. The maximum absolute atomic E-state index is 12.1. The number of fused-ring (bicyclic) bond motifs is 1. The monoisotopic (exact) mass is 324 g/mol. The van der Waals surface area contributed by atoms with Gasteiger partial charge in [0.2, 0.25) is 0 Å². The molecule has 2 saturated heterocycles. The van der Waals surface area contributed by atoms with Crippen molar-refractivity contribution in [2.24, 2.45) is 11.8 Å². The van der Waals surface area contributed by atoms with Gasteiger partial charge in [0.25, 0.3) is 5.56 Å². The largest absolute Gasteiger partial charge is 0.368 e. The van der Waals surface area contributed by atoms with Crippen LogP contribution in [0.5, 0.6) is 0 Å². The fourth-order valence-electron chi connectivity index (χ4n) is 2.98. The second kappa shape index (κ2) is 5.09. The van der Waals surface area contributed by atoms with Gasteiger partial charge in [-0.05, 0) is 27.8 Å². The maximum atomic E-state index is 12.1. The molecule has 2 fully saturated rings. The van der Waals surface area contributed by atoms with Crippen molar-refractivity contribution in [3.05, 3.63) is 33.7 Å². The fraction of sp³-hybridized carbons (Fsp3) is 0.538. The Balaban J connectivity index is 1.88. The number of nitrogens with one attached hydrogen (secondary N) is 1. The summed E-state index contributed by atoms with van der Waals surface area (Å²) in [4.78, 5) is 14.4. The average Bonchev–Trinajstić information content (AvgIpc) is 2.96. The van der Waals surface area contributed by atoms with Crippen LogP contribution < -0.4 is 15.8 Å². The molecule has 19 heavy (non-hydrogen) atoms. The predicted octanol–water partition coefficient (Wildman–Crippen LogP) is 0.847. The van der Waals surface area contributed by atoms with E-state index in [1.54, 1.807) is 12.3 Å². The Morgan fingerprint density at radius 2 is 2.16 bits per heavy atom. The van der Waals surface area contributed by atoms with Gasteiger partial charge in [-0.3, -0.25) is 4.79 Å². The SMILES string of the molecule is C=CCn1ncc(N2C[C@H]3CNC[C@H]3C2)c(Br)c1=O. The number of anilines is 1. The molecule has 0 saturated carbocycles. The van der Waals surface area contributed by atoms with Gasteiger partial charge in [0.1, 0.15) is 4.47 Å². The van der Waals surface area contributed by atoms with Gasteiger partial charge in [-0.1, -0.05) is 6.08 Å². The van der Waals surface area contributed by atoms with Crippen LogP contribution in [0.15, 0.2) is 28.1 Å². The van der Waals surface area contributed by atoms with Crippen molar-refractivity contribution < 1.29 is 0 Å². The van der Waals surface area contributed by atoms with Gasteiger partial charge >= 0.3 is 0 Å². The minimum absolute atomic E-state index is 0.0902. The predicted molar refractivity (Wildman–Crippen MR) is 78.5 cm³/mol. The van der Waals surface area contributed by atoms with Gasteiger partial charge in [0.05, 0.1) is 18.4 Å². The minimum Gasteiger partial charge on any atom is -0.368 e. The molecule has 0 amide bonds. The topological polar surface area (TPSA) is 50.2 Å². The molecule has 2 atom stereocenters. The lowest BCUT2D eigenvalue weighted by Crippen LogP contribution is -2.30. The molecule has 1 aromatic heterocycles. The molecule has 1 aromatic rings. The van der Waals surface area contributed by atoms with Gasteiger partial charge in [-0.15, -0.1) is 6.58 Å². The summed E-state index contributed by atoms with van der Waals surface area (Å²) in [6.45, 7) is 8.24. The van der Waals surface area contributed by atoms with Gasteiger partial charge in [-0.2, -0.15) is 5.10 Å². The van der Waals surface area contributed by atoms with E-state index in [0.29, 0.717) is 22.9 Å². The highest BCUT2D eigenvalue weighted by atomic mass is 79.9. The molecule has 102 valence electrons. The van der Waals surface area contributed by atoms with Crippen LogP contribution in [-0.4, -0.2) is 36.0 Å². The highest BCUT2D eigenvalue weighted by Gasteiger charge is 2.37. The smallest absolute Gasteiger partial charge is 0.283 e. The molecule has 3 rings (SSSR count). The second-order valence-electron chi connectivity index (χ2n) is 5.20. The first-order valence-corrected chi connectivity index (χ1v) is 7.32. The van der Waals surface area contributed by atoms with E-state index < -0.39 is 0 Å². The third kappa shape index (κ3) is 2.23. The fourth-order valence-corrected chi connectivity index (χ4v) is 3.54. The zero-order valence-corrected chi connectivity index (χ0v) is 12.3. The molecule has 5 nitrogen and oxygen atoms in total. The van der Waals surface area contributed by atoms with Crippen LogP contribution in [0.3, 0.4) is 0 Å². The third-order valence-electron chi connectivity index (χ3n) is 4.00. The molecule has 0 aromatic carbocycles. The Morgan fingerprint density at radius 1 is 1.47 bits per heavy atom. The van der Waals surface area contributed by atoms with E-state index in [-0.39, 0.29) is 5.56 Å². The summed E-state index contributed by atoms with van der Waals surface area (Å²) >= 11 is 3.43. The zero-order chi connectivity index (χ0) is 13.4. The molecule has 0 bridgehead atoms. The first kappa shape index (κ1) is 12.9. The van der Waals surface area contributed by atoms with Crippen LogP contribution >= 0.6 is 15.9 Å². The zero-order valence-electron chi connectivity index (χ0n) is 10.7. The van der Waals surface area contributed by atoms with E-state index in [2.05, 4.69) is 37.8 Å². The Bertz CT molecular complexity index is 544. The van der Waals surface area contributed by atoms with Crippen molar-refractivity contribution >= 4 is 21.6 Å². The van der Waals surface area contributed by atoms with Crippen LogP contribution in [0.1, 0.15) is 0 Å². The summed E-state index contributed by atoms with van der Waals surface area (Å²) in [5.74, 6) is 1.39. The van der Waals surface area contributed by atoms with Gasteiger partial charge in [0, 0.05) is 26.2 Å². The van der Waals surface area contributed by atoms with Crippen molar-refractivity contribution in [3.63, 3.8) is 0 Å². The van der Waals surface area contributed by atoms with Gasteiger partial charge < -0.3 is 10.2 Å². The van der Waals surface area contributed by atoms with Crippen LogP contribution in [0.4, 0.5) is 5.69 Å². The maximum Gasteiger partial charge on any atom is 0.283 e. The standard InChI is InChI=1S/C13H17BrN4O/c1-2-3-18-13(19)12(14)11(6-16-18)17-7-9-4-15-5-10(9)8-17/h2,6,9-10,15H,1,3-5,7-8H2/t9-,10+. The summed E-state index contributed by atoms with van der Waals surface area (Å²) in [5.41, 5.74) is 0.826. The van der Waals surface area contributed by atoms with E-state index in [1.807, 2.05) is 0 Å². The Labute approximate surface area is 120 Å². The number of rotatable bonds is 3. The third-order valence-corrected chi connectivity index (χ3v) is 4.74. The summed E-state index contributed by atoms with van der Waals surface area (Å²) in [5, 5.41) is 7.63. The van der Waals surface area contributed by atoms with Crippen molar-refractivity contribution in [1.29, 1.82) is 0 Å². The number of hydrogen-bond acceptors (Lipinski definition) is 4. The lowest BCUT2D eigenvalue weighted by Gasteiger charge is -2.20. The molecule has 2 aliphatic heterocycles. The Hall–Kier alpha value is -1.14. The van der Waals surface area contributed by atoms with E-state index in [0.717, 1.165) is 31.9 Å². The molecule has 0 aliphatic carbocycles. The van der Waals surface area contributed by atoms with Crippen molar-refractivity contribution in [2.75, 3.05) is 31.1 Å². The van der Waals surface area contributed by atoms with Crippen molar-refractivity contribution in [1.82, 2.24) is 15.1 Å². The lowest BCUT2D eigenvalue weighted by atomic mass is 10.0.